The second-order valence-corrected chi connectivity index (χ2v) is 5.11. The molecular weight excluding hydrogens is 291 g/mol. The SMILES string of the molecule is CCN(CCCO)C(=O)c1ccccc1SC(F)(F)F. The average molecular weight is 307 g/mol. The smallest absolute Gasteiger partial charge is 0.396 e. The highest BCUT2D eigenvalue weighted by atomic mass is 32.2. The molecule has 1 N–H and O–H groups in total. The molecule has 0 unspecified atom stereocenters. The first-order chi connectivity index (χ1) is 9.39. The normalized spacial score (nSPS) is 11.4. The standard InChI is InChI=1S/C13H16F3NO2S/c1-2-17(8-5-9-18)12(19)10-6-3-4-7-11(10)20-13(14,15)16/h3-4,6-7,18H,2,5,8-9H2,1H3. The summed E-state index contributed by atoms with van der Waals surface area (Å²) in [5, 5.41) is 8.78. The minimum atomic E-state index is -4.43. The highest BCUT2D eigenvalue weighted by molar-refractivity contribution is 8.00. The van der Waals surface area contributed by atoms with Gasteiger partial charge in [0.2, 0.25) is 0 Å². The fraction of sp³-hybridized carbons (Fsp3) is 0.462. The van der Waals surface area contributed by atoms with E-state index in [0.717, 1.165) is 0 Å². The van der Waals surface area contributed by atoms with Crippen molar-refractivity contribution in [3.63, 3.8) is 0 Å². The van der Waals surface area contributed by atoms with Crippen LogP contribution in [-0.4, -0.2) is 41.1 Å². The molecule has 0 aliphatic heterocycles. The Hall–Kier alpha value is -1.21. The molecule has 0 heterocycles. The number of rotatable bonds is 6. The minimum Gasteiger partial charge on any atom is -0.396 e. The van der Waals surface area contributed by atoms with E-state index in [0.29, 0.717) is 19.5 Å². The van der Waals surface area contributed by atoms with E-state index in [1.807, 2.05) is 0 Å². The van der Waals surface area contributed by atoms with Crippen molar-refractivity contribution in [1.29, 1.82) is 0 Å². The topological polar surface area (TPSA) is 40.5 Å². The third-order valence-corrected chi connectivity index (χ3v) is 3.41. The molecule has 0 spiro atoms. The van der Waals surface area contributed by atoms with Gasteiger partial charge in [0, 0.05) is 24.6 Å². The third kappa shape index (κ3) is 5.05. The number of thioether (sulfide) groups is 1. The summed E-state index contributed by atoms with van der Waals surface area (Å²) in [5.41, 5.74) is -4.40. The highest BCUT2D eigenvalue weighted by Gasteiger charge is 2.31. The number of hydrogen-bond donors (Lipinski definition) is 1. The van der Waals surface area contributed by atoms with Gasteiger partial charge in [0.25, 0.3) is 5.91 Å². The molecule has 1 rings (SSSR count). The molecule has 1 aromatic rings. The summed E-state index contributed by atoms with van der Waals surface area (Å²) < 4.78 is 37.4. The Balaban J connectivity index is 2.96. The van der Waals surface area contributed by atoms with Crippen LogP contribution in [-0.2, 0) is 0 Å². The molecular formula is C13H16F3NO2S. The average Bonchev–Trinajstić information content (AvgIpc) is 2.38. The van der Waals surface area contributed by atoms with Crippen molar-refractivity contribution in [3.05, 3.63) is 29.8 Å². The number of carbonyl (C=O) groups is 1. The number of benzene rings is 1. The fourth-order valence-corrected chi connectivity index (χ4v) is 2.35. The summed E-state index contributed by atoms with van der Waals surface area (Å²) in [6.07, 6.45) is 0.397. The maximum absolute atomic E-state index is 12.5. The number of aliphatic hydroxyl groups excluding tert-OH is 1. The predicted molar refractivity (Wildman–Crippen MR) is 71.6 cm³/mol. The van der Waals surface area contributed by atoms with Crippen LogP contribution in [0.1, 0.15) is 23.7 Å². The number of hydrogen-bond acceptors (Lipinski definition) is 3. The van der Waals surface area contributed by atoms with Crippen LogP contribution in [0.4, 0.5) is 13.2 Å². The lowest BCUT2D eigenvalue weighted by molar-refractivity contribution is -0.0328. The molecule has 0 saturated carbocycles. The second-order valence-electron chi connectivity index (χ2n) is 4.01. The van der Waals surface area contributed by atoms with E-state index in [4.69, 9.17) is 5.11 Å². The largest absolute Gasteiger partial charge is 0.446 e. The lowest BCUT2D eigenvalue weighted by Crippen LogP contribution is -2.32. The molecule has 0 fully saturated rings. The molecule has 0 radical (unpaired) electrons. The first-order valence-electron chi connectivity index (χ1n) is 6.14. The van der Waals surface area contributed by atoms with E-state index in [2.05, 4.69) is 0 Å². The third-order valence-electron chi connectivity index (χ3n) is 2.60. The minimum absolute atomic E-state index is 0.0367. The summed E-state index contributed by atoms with van der Waals surface area (Å²) in [6.45, 7) is 2.37. The Labute approximate surface area is 119 Å². The second kappa shape index (κ2) is 7.54. The van der Waals surface area contributed by atoms with Crippen molar-refractivity contribution in [1.82, 2.24) is 4.90 Å². The van der Waals surface area contributed by atoms with E-state index in [1.54, 1.807) is 6.92 Å². The van der Waals surface area contributed by atoms with Crippen LogP contribution in [0.15, 0.2) is 29.2 Å². The first-order valence-corrected chi connectivity index (χ1v) is 6.95. The van der Waals surface area contributed by atoms with Crippen LogP contribution in [0.3, 0.4) is 0 Å². The van der Waals surface area contributed by atoms with Crippen molar-refractivity contribution in [2.45, 2.75) is 23.7 Å². The predicted octanol–water partition coefficient (Wildman–Crippen LogP) is 3.14. The van der Waals surface area contributed by atoms with Crippen molar-refractivity contribution in [2.24, 2.45) is 0 Å². The lowest BCUT2D eigenvalue weighted by atomic mass is 10.2. The number of aliphatic hydroxyl groups is 1. The Morgan fingerprint density at radius 3 is 2.55 bits per heavy atom. The molecule has 0 aliphatic carbocycles. The number of carbonyl (C=O) groups excluding carboxylic acids is 1. The monoisotopic (exact) mass is 307 g/mol. The maximum Gasteiger partial charge on any atom is 0.446 e. The van der Waals surface area contributed by atoms with Crippen LogP contribution in [0.5, 0.6) is 0 Å². The Morgan fingerprint density at radius 2 is 2.00 bits per heavy atom. The molecule has 0 aliphatic rings. The van der Waals surface area contributed by atoms with Crippen LogP contribution < -0.4 is 0 Å². The van der Waals surface area contributed by atoms with Gasteiger partial charge in [0.15, 0.2) is 0 Å². The molecule has 20 heavy (non-hydrogen) atoms. The molecule has 112 valence electrons. The Kier molecular flexibility index (Phi) is 6.35. The van der Waals surface area contributed by atoms with Crippen molar-refractivity contribution in [3.8, 4) is 0 Å². The molecule has 7 heteroatoms. The Bertz CT molecular complexity index is 451. The van der Waals surface area contributed by atoms with Gasteiger partial charge in [-0.1, -0.05) is 12.1 Å². The van der Waals surface area contributed by atoms with E-state index in [9.17, 15) is 18.0 Å². The number of halogens is 3. The van der Waals surface area contributed by atoms with Crippen LogP contribution in [0.25, 0.3) is 0 Å². The highest BCUT2D eigenvalue weighted by Crippen LogP contribution is 2.38. The number of nitrogens with zero attached hydrogens (tertiary/aromatic N) is 1. The zero-order chi connectivity index (χ0) is 15.2. The van der Waals surface area contributed by atoms with Gasteiger partial charge >= 0.3 is 5.51 Å². The van der Waals surface area contributed by atoms with Crippen molar-refractivity contribution < 1.29 is 23.1 Å². The molecule has 0 atom stereocenters. The van der Waals surface area contributed by atoms with Gasteiger partial charge < -0.3 is 10.0 Å². The fourth-order valence-electron chi connectivity index (χ4n) is 1.69. The van der Waals surface area contributed by atoms with Gasteiger partial charge in [0.1, 0.15) is 0 Å². The summed E-state index contributed by atoms with van der Waals surface area (Å²) in [4.78, 5) is 13.6. The summed E-state index contributed by atoms with van der Waals surface area (Å²) in [7, 11) is 0. The molecule has 3 nitrogen and oxygen atoms in total. The number of alkyl halides is 3. The lowest BCUT2D eigenvalue weighted by Gasteiger charge is -2.22. The summed E-state index contributed by atoms with van der Waals surface area (Å²) in [6, 6.07) is 5.67. The molecule has 0 saturated heterocycles. The van der Waals surface area contributed by atoms with Gasteiger partial charge in [-0.3, -0.25) is 4.79 Å². The van der Waals surface area contributed by atoms with E-state index in [1.165, 1.54) is 29.2 Å². The van der Waals surface area contributed by atoms with Gasteiger partial charge in [0.05, 0.1) is 5.56 Å². The van der Waals surface area contributed by atoms with Gasteiger partial charge in [-0.2, -0.15) is 13.2 Å². The Morgan fingerprint density at radius 1 is 1.35 bits per heavy atom. The van der Waals surface area contributed by atoms with E-state index in [-0.39, 0.29) is 28.8 Å². The van der Waals surface area contributed by atoms with Gasteiger partial charge in [-0.15, -0.1) is 0 Å². The summed E-state index contributed by atoms with van der Waals surface area (Å²) >= 11 is -0.289. The van der Waals surface area contributed by atoms with Crippen LogP contribution in [0.2, 0.25) is 0 Å². The molecule has 1 amide bonds. The van der Waals surface area contributed by atoms with Gasteiger partial charge in [-0.05, 0) is 37.2 Å². The quantitative estimate of drug-likeness (QED) is 0.821. The first kappa shape index (κ1) is 16.8. The molecule has 1 aromatic carbocycles. The zero-order valence-electron chi connectivity index (χ0n) is 11.0. The maximum atomic E-state index is 12.5. The van der Waals surface area contributed by atoms with Crippen LogP contribution >= 0.6 is 11.8 Å². The molecule has 0 aromatic heterocycles. The van der Waals surface area contributed by atoms with Crippen molar-refractivity contribution >= 4 is 17.7 Å². The molecule has 0 bridgehead atoms. The van der Waals surface area contributed by atoms with Crippen LogP contribution in [0, 0.1) is 0 Å². The van der Waals surface area contributed by atoms with Crippen molar-refractivity contribution in [2.75, 3.05) is 19.7 Å². The summed E-state index contributed by atoms with van der Waals surface area (Å²) in [5.74, 6) is -0.451. The zero-order valence-corrected chi connectivity index (χ0v) is 11.8. The van der Waals surface area contributed by atoms with E-state index < -0.39 is 11.4 Å². The van der Waals surface area contributed by atoms with E-state index >= 15 is 0 Å². The van der Waals surface area contributed by atoms with Gasteiger partial charge in [-0.25, -0.2) is 0 Å². The number of amides is 1.